The zero-order valence-corrected chi connectivity index (χ0v) is 15.5. The van der Waals surface area contributed by atoms with Gasteiger partial charge < -0.3 is 11.1 Å². The van der Waals surface area contributed by atoms with Crippen molar-refractivity contribution >= 4 is 5.69 Å². The SMILES string of the molecule is NCC1(N2CCC(Nc3ccccc3)CC2)CN(Cc2ccccc2)C1. The molecule has 2 aromatic rings. The fraction of sp³-hybridized carbons (Fsp3) is 0.455. The Hall–Kier alpha value is -1.88. The van der Waals surface area contributed by atoms with Crippen LogP contribution in [0.5, 0.6) is 0 Å². The highest BCUT2D eigenvalue weighted by Gasteiger charge is 2.46. The van der Waals surface area contributed by atoms with Crippen molar-refractivity contribution in [2.75, 3.05) is 38.0 Å². The molecular weight excluding hydrogens is 320 g/mol. The lowest BCUT2D eigenvalue weighted by molar-refractivity contribution is -0.0621. The molecule has 2 saturated heterocycles. The minimum atomic E-state index is 0.187. The summed E-state index contributed by atoms with van der Waals surface area (Å²) in [5.74, 6) is 0. The van der Waals surface area contributed by atoms with Crippen LogP contribution in [-0.4, -0.2) is 54.1 Å². The van der Waals surface area contributed by atoms with Gasteiger partial charge in [-0.2, -0.15) is 0 Å². The zero-order valence-electron chi connectivity index (χ0n) is 15.5. The van der Waals surface area contributed by atoms with Gasteiger partial charge in [-0.25, -0.2) is 0 Å². The smallest absolute Gasteiger partial charge is 0.0586 e. The summed E-state index contributed by atoms with van der Waals surface area (Å²) < 4.78 is 0. The van der Waals surface area contributed by atoms with Crippen molar-refractivity contribution in [3.8, 4) is 0 Å². The van der Waals surface area contributed by atoms with Gasteiger partial charge in [-0.15, -0.1) is 0 Å². The average molecular weight is 351 g/mol. The van der Waals surface area contributed by atoms with Gasteiger partial charge >= 0.3 is 0 Å². The minimum Gasteiger partial charge on any atom is -0.382 e. The van der Waals surface area contributed by atoms with Gasteiger partial charge in [0.05, 0.1) is 5.54 Å². The predicted octanol–water partition coefficient (Wildman–Crippen LogP) is 2.78. The van der Waals surface area contributed by atoms with Gasteiger partial charge in [-0.1, -0.05) is 48.5 Å². The molecule has 2 aromatic carbocycles. The molecule has 4 heteroatoms. The van der Waals surface area contributed by atoms with Gasteiger partial charge in [-0.05, 0) is 30.5 Å². The Labute approximate surface area is 157 Å². The highest BCUT2D eigenvalue weighted by Crippen LogP contribution is 2.31. The van der Waals surface area contributed by atoms with Crippen molar-refractivity contribution in [1.82, 2.24) is 9.80 Å². The van der Waals surface area contributed by atoms with E-state index in [9.17, 15) is 0 Å². The molecule has 0 bridgehead atoms. The Balaban J connectivity index is 1.28. The molecule has 2 aliphatic heterocycles. The molecule has 0 aromatic heterocycles. The van der Waals surface area contributed by atoms with Crippen LogP contribution in [0.4, 0.5) is 5.69 Å². The maximum absolute atomic E-state index is 6.23. The van der Waals surface area contributed by atoms with E-state index in [2.05, 4.69) is 75.8 Å². The van der Waals surface area contributed by atoms with E-state index in [-0.39, 0.29) is 5.54 Å². The number of hydrogen-bond donors (Lipinski definition) is 2. The van der Waals surface area contributed by atoms with Crippen molar-refractivity contribution in [3.05, 3.63) is 66.2 Å². The maximum Gasteiger partial charge on any atom is 0.0586 e. The lowest BCUT2D eigenvalue weighted by atomic mass is 9.85. The second-order valence-electron chi connectivity index (χ2n) is 7.83. The second-order valence-corrected chi connectivity index (χ2v) is 7.83. The number of likely N-dealkylation sites (tertiary alicyclic amines) is 2. The van der Waals surface area contributed by atoms with Gasteiger partial charge in [0.2, 0.25) is 0 Å². The Morgan fingerprint density at radius 1 is 0.923 bits per heavy atom. The topological polar surface area (TPSA) is 44.5 Å². The monoisotopic (exact) mass is 350 g/mol. The molecule has 0 spiro atoms. The van der Waals surface area contributed by atoms with E-state index in [4.69, 9.17) is 5.73 Å². The Bertz CT molecular complexity index is 674. The van der Waals surface area contributed by atoms with Crippen molar-refractivity contribution < 1.29 is 0 Å². The molecule has 4 rings (SSSR count). The third-order valence-electron chi connectivity index (χ3n) is 5.98. The number of benzene rings is 2. The molecule has 2 aliphatic rings. The number of nitrogens with one attached hydrogen (secondary N) is 1. The number of nitrogens with two attached hydrogens (primary N) is 1. The largest absolute Gasteiger partial charge is 0.382 e. The van der Waals surface area contributed by atoms with Gasteiger partial charge in [0.15, 0.2) is 0 Å². The number of piperidine rings is 1. The van der Waals surface area contributed by atoms with Crippen molar-refractivity contribution in [1.29, 1.82) is 0 Å². The van der Waals surface area contributed by atoms with Crippen LogP contribution in [0.15, 0.2) is 60.7 Å². The zero-order chi connectivity index (χ0) is 17.8. The highest BCUT2D eigenvalue weighted by molar-refractivity contribution is 5.43. The molecule has 0 atom stereocenters. The van der Waals surface area contributed by atoms with Crippen LogP contribution < -0.4 is 11.1 Å². The Kier molecular flexibility index (Phi) is 5.25. The van der Waals surface area contributed by atoms with Crippen LogP contribution in [-0.2, 0) is 6.54 Å². The highest BCUT2D eigenvalue weighted by atomic mass is 15.4. The van der Waals surface area contributed by atoms with E-state index < -0.39 is 0 Å². The van der Waals surface area contributed by atoms with E-state index in [0.717, 1.165) is 39.3 Å². The summed E-state index contributed by atoms with van der Waals surface area (Å²) in [5.41, 5.74) is 9.04. The van der Waals surface area contributed by atoms with Gasteiger partial charge in [0.25, 0.3) is 0 Å². The number of rotatable bonds is 6. The predicted molar refractivity (Wildman–Crippen MR) is 108 cm³/mol. The first-order valence-electron chi connectivity index (χ1n) is 9.80. The molecule has 2 heterocycles. The molecule has 2 fully saturated rings. The quantitative estimate of drug-likeness (QED) is 0.841. The normalized spacial score (nSPS) is 21.3. The van der Waals surface area contributed by atoms with E-state index in [0.29, 0.717) is 6.04 Å². The first-order valence-corrected chi connectivity index (χ1v) is 9.80. The number of hydrogen-bond acceptors (Lipinski definition) is 4. The van der Waals surface area contributed by atoms with Crippen LogP contribution >= 0.6 is 0 Å². The summed E-state index contributed by atoms with van der Waals surface area (Å²) in [6.45, 7) is 6.26. The summed E-state index contributed by atoms with van der Waals surface area (Å²) in [6.07, 6.45) is 2.38. The molecular formula is C22H30N4. The van der Waals surface area contributed by atoms with E-state index in [1.54, 1.807) is 0 Å². The van der Waals surface area contributed by atoms with Crippen LogP contribution in [0.2, 0.25) is 0 Å². The van der Waals surface area contributed by atoms with Crippen LogP contribution in [0, 0.1) is 0 Å². The minimum absolute atomic E-state index is 0.187. The summed E-state index contributed by atoms with van der Waals surface area (Å²) in [6, 6.07) is 21.9. The van der Waals surface area contributed by atoms with Crippen LogP contribution in [0.3, 0.4) is 0 Å². The van der Waals surface area contributed by atoms with E-state index in [1.165, 1.54) is 24.1 Å². The summed E-state index contributed by atoms with van der Waals surface area (Å²) in [5, 5.41) is 3.68. The third-order valence-corrected chi connectivity index (χ3v) is 5.98. The second kappa shape index (κ2) is 7.78. The molecule has 4 nitrogen and oxygen atoms in total. The van der Waals surface area contributed by atoms with Crippen molar-refractivity contribution in [2.45, 2.75) is 31.0 Å². The summed E-state index contributed by atoms with van der Waals surface area (Å²) in [4.78, 5) is 5.17. The maximum atomic E-state index is 6.23. The molecule has 26 heavy (non-hydrogen) atoms. The molecule has 3 N–H and O–H groups in total. The Morgan fingerprint density at radius 2 is 1.54 bits per heavy atom. The van der Waals surface area contributed by atoms with E-state index >= 15 is 0 Å². The number of anilines is 1. The van der Waals surface area contributed by atoms with Crippen LogP contribution in [0.25, 0.3) is 0 Å². The molecule has 0 aliphatic carbocycles. The van der Waals surface area contributed by atoms with Gasteiger partial charge in [0.1, 0.15) is 0 Å². The molecule has 0 unspecified atom stereocenters. The molecule has 0 saturated carbocycles. The Morgan fingerprint density at radius 3 is 2.15 bits per heavy atom. The average Bonchev–Trinajstić information content (AvgIpc) is 2.67. The van der Waals surface area contributed by atoms with Crippen molar-refractivity contribution in [2.24, 2.45) is 5.73 Å². The molecule has 138 valence electrons. The first-order chi connectivity index (χ1) is 12.8. The lowest BCUT2D eigenvalue weighted by Crippen LogP contribution is -2.74. The van der Waals surface area contributed by atoms with Crippen LogP contribution in [0.1, 0.15) is 18.4 Å². The number of nitrogens with zero attached hydrogens (tertiary/aromatic N) is 2. The molecule has 0 radical (unpaired) electrons. The summed E-state index contributed by atoms with van der Waals surface area (Å²) in [7, 11) is 0. The molecule has 0 amide bonds. The third kappa shape index (κ3) is 3.78. The number of para-hydroxylation sites is 1. The van der Waals surface area contributed by atoms with Crippen molar-refractivity contribution in [3.63, 3.8) is 0 Å². The fourth-order valence-electron chi connectivity index (χ4n) is 4.47. The fourth-order valence-corrected chi connectivity index (χ4v) is 4.47. The van der Waals surface area contributed by atoms with Gasteiger partial charge in [0, 0.05) is 51.0 Å². The first kappa shape index (κ1) is 17.5. The summed E-state index contributed by atoms with van der Waals surface area (Å²) >= 11 is 0. The lowest BCUT2D eigenvalue weighted by Gasteiger charge is -2.57. The van der Waals surface area contributed by atoms with Gasteiger partial charge in [-0.3, -0.25) is 9.80 Å². The van der Waals surface area contributed by atoms with E-state index in [1.807, 2.05) is 0 Å². The standard InChI is InChI=1S/C22H30N4/c23-16-22(17-25(18-22)15-19-7-3-1-4-8-19)26-13-11-21(12-14-26)24-20-9-5-2-6-10-20/h1-10,21,24H,11-18,23H2.